The topological polar surface area (TPSA) is 235 Å². The molecule has 31 heavy (non-hydrogen) atoms. The number of guanidine groups is 1. The van der Waals surface area contributed by atoms with Gasteiger partial charge in [0, 0.05) is 6.54 Å². The molecule has 0 aromatic rings. The summed E-state index contributed by atoms with van der Waals surface area (Å²) in [7, 11) is 0. The molecule has 0 heterocycles. The Kier molecular flexibility index (Phi) is 14.0. The molecule has 14 heteroatoms. The average molecular weight is 464 g/mol. The number of carboxylic acids is 1. The SMILES string of the molecule is CSCCC(NC(=O)C(C)NC(=O)C(CO)NC(=O)C(N)CCCN=C(N)N)C(=O)O. The first kappa shape index (κ1) is 28.4. The van der Waals surface area contributed by atoms with Crippen LogP contribution in [0.1, 0.15) is 26.2 Å². The van der Waals surface area contributed by atoms with E-state index in [0.29, 0.717) is 12.2 Å². The van der Waals surface area contributed by atoms with Crippen LogP contribution >= 0.6 is 11.8 Å². The van der Waals surface area contributed by atoms with E-state index in [2.05, 4.69) is 20.9 Å². The summed E-state index contributed by atoms with van der Waals surface area (Å²) in [6, 6.07) is -4.48. The fourth-order valence-electron chi connectivity index (χ4n) is 2.29. The van der Waals surface area contributed by atoms with Gasteiger partial charge in [-0.15, -0.1) is 0 Å². The molecule has 178 valence electrons. The van der Waals surface area contributed by atoms with Crippen molar-refractivity contribution in [3.05, 3.63) is 0 Å². The standard InChI is InChI=1S/C17H33N7O6S/c1-9(13(26)23-11(16(29)30)5-7-31-2)22-15(28)12(8-25)24-14(27)10(18)4-3-6-21-17(19)20/h9-12,25H,3-8,18H2,1-2H3,(H,22,28)(H,23,26)(H,24,27)(H,29,30)(H4,19,20,21). The predicted octanol–water partition coefficient (Wildman–Crippen LogP) is -3.33. The fourth-order valence-corrected chi connectivity index (χ4v) is 2.76. The third kappa shape index (κ3) is 12.0. The van der Waals surface area contributed by atoms with Crippen molar-refractivity contribution in [3.63, 3.8) is 0 Å². The second kappa shape index (κ2) is 15.3. The maximum Gasteiger partial charge on any atom is 0.326 e. The highest BCUT2D eigenvalue weighted by Crippen LogP contribution is 2.02. The number of nitrogens with zero attached hydrogens (tertiary/aromatic N) is 1. The van der Waals surface area contributed by atoms with E-state index in [9.17, 15) is 29.4 Å². The van der Waals surface area contributed by atoms with Crippen LogP contribution in [0.4, 0.5) is 0 Å². The highest BCUT2D eigenvalue weighted by atomic mass is 32.2. The minimum atomic E-state index is -1.33. The third-order valence-electron chi connectivity index (χ3n) is 4.10. The number of thioether (sulfide) groups is 1. The lowest BCUT2D eigenvalue weighted by atomic mass is 10.1. The van der Waals surface area contributed by atoms with Crippen molar-refractivity contribution in [2.24, 2.45) is 22.2 Å². The molecule has 0 bridgehead atoms. The van der Waals surface area contributed by atoms with Crippen LogP contribution in [0, 0.1) is 0 Å². The molecule has 0 aromatic carbocycles. The van der Waals surface area contributed by atoms with Crippen LogP contribution in [0.3, 0.4) is 0 Å². The first-order valence-corrected chi connectivity index (χ1v) is 11.0. The Balaban J connectivity index is 4.69. The highest BCUT2D eigenvalue weighted by molar-refractivity contribution is 7.98. The van der Waals surface area contributed by atoms with Gasteiger partial charge in [-0.2, -0.15) is 11.8 Å². The first-order chi connectivity index (χ1) is 14.5. The molecule has 3 amide bonds. The summed E-state index contributed by atoms with van der Waals surface area (Å²) < 4.78 is 0. The Morgan fingerprint density at radius 1 is 1.00 bits per heavy atom. The van der Waals surface area contributed by atoms with Gasteiger partial charge in [-0.3, -0.25) is 19.4 Å². The number of amides is 3. The minimum absolute atomic E-state index is 0.0767. The van der Waals surface area contributed by atoms with Gasteiger partial charge in [-0.25, -0.2) is 4.79 Å². The average Bonchev–Trinajstić information content (AvgIpc) is 2.71. The Morgan fingerprint density at radius 2 is 1.61 bits per heavy atom. The molecule has 0 fully saturated rings. The number of rotatable bonds is 15. The van der Waals surface area contributed by atoms with E-state index in [4.69, 9.17) is 17.2 Å². The van der Waals surface area contributed by atoms with E-state index in [1.165, 1.54) is 18.7 Å². The van der Waals surface area contributed by atoms with E-state index < -0.39 is 54.5 Å². The van der Waals surface area contributed by atoms with Gasteiger partial charge in [0.15, 0.2) is 5.96 Å². The Morgan fingerprint density at radius 3 is 2.13 bits per heavy atom. The van der Waals surface area contributed by atoms with Crippen LogP contribution in [-0.4, -0.2) is 89.2 Å². The molecule has 0 spiro atoms. The Bertz CT molecular complexity index is 644. The summed E-state index contributed by atoms with van der Waals surface area (Å²) in [6.07, 6.45) is 2.71. The molecule has 4 unspecified atom stereocenters. The van der Waals surface area contributed by atoms with Crippen molar-refractivity contribution in [2.45, 2.75) is 50.4 Å². The number of carbonyl (C=O) groups excluding carboxylic acids is 3. The largest absolute Gasteiger partial charge is 0.480 e. The highest BCUT2D eigenvalue weighted by Gasteiger charge is 2.27. The van der Waals surface area contributed by atoms with Gasteiger partial charge >= 0.3 is 5.97 Å². The second-order valence-electron chi connectivity index (χ2n) is 6.71. The van der Waals surface area contributed by atoms with Gasteiger partial charge < -0.3 is 43.4 Å². The van der Waals surface area contributed by atoms with E-state index in [-0.39, 0.29) is 25.3 Å². The summed E-state index contributed by atoms with van der Waals surface area (Å²) in [6.45, 7) is 0.915. The number of aliphatic hydroxyl groups excluding tert-OH is 1. The summed E-state index contributed by atoms with van der Waals surface area (Å²) in [5, 5.41) is 25.6. The van der Waals surface area contributed by atoms with Crippen LogP contribution in [0.25, 0.3) is 0 Å². The van der Waals surface area contributed by atoms with E-state index in [0.717, 1.165) is 0 Å². The minimum Gasteiger partial charge on any atom is -0.480 e. The zero-order valence-electron chi connectivity index (χ0n) is 17.7. The molecule has 0 aliphatic heterocycles. The molecule has 4 atom stereocenters. The molecular weight excluding hydrogens is 430 g/mol. The molecule has 11 N–H and O–H groups in total. The third-order valence-corrected chi connectivity index (χ3v) is 4.74. The summed E-state index contributed by atoms with van der Waals surface area (Å²) in [5.41, 5.74) is 16.1. The molecule has 0 saturated heterocycles. The summed E-state index contributed by atoms with van der Waals surface area (Å²) >= 11 is 1.44. The second-order valence-corrected chi connectivity index (χ2v) is 7.70. The number of carboxylic acid groups (broad SMARTS) is 1. The number of hydrogen-bond donors (Lipinski definition) is 8. The van der Waals surface area contributed by atoms with Crippen molar-refractivity contribution in [2.75, 3.05) is 25.2 Å². The van der Waals surface area contributed by atoms with Gasteiger partial charge in [0.2, 0.25) is 17.7 Å². The zero-order chi connectivity index (χ0) is 24.0. The number of aliphatic imine (C=N–C) groups is 1. The summed E-state index contributed by atoms with van der Waals surface area (Å²) in [5.74, 6) is -2.92. The smallest absolute Gasteiger partial charge is 0.326 e. The summed E-state index contributed by atoms with van der Waals surface area (Å²) in [4.78, 5) is 51.6. The van der Waals surface area contributed by atoms with Crippen LogP contribution in [0.15, 0.2) is 4.99 Å². The number of carbonyl (C=O) groups is 4. The monoisotopic (exact) mass is 463 g/mol. The molecule has 0 aromatic heterocycles. The number of nitrogens with two attached hydrogens (primary N) is 3. The van der Waals surface area contributed by atoms with Gasteiger partial charge in [0.05, 0.1) is 12.6 Å². The van der Waals surface area contributed by atoms with Crippen molar-refractivity contribution >= 4 is 41.4 Å². The number of aliphatic hydroxyl groups is 1. The van der Waals surface area contributed by atoms with E-state index in [1.807, 2.05) is 6.26 Å². The molecule has 0 rings (SSSR count). The predicted molar refractivity (Wildman–Crippen MR) is 117 cm³/mol. The molecule has 0 aliphatic carbocycles. The van der Waals surface area contributed by atoms with Crippen molar-refractivity contribution < 1.29 is 29.4 Å². The molecule has 0 radical (unpaired) electrons. The Labute approximate surface area is 185 Å². The lowest BCUT2D eigenvalue weighted by molar-refractivity contribution is -0.142. The quantitative estimate of drug-likeness (QED) is 0.0683. The molecular formula is C17H33N7O6S. The van der Waals surface area contributed by atoms with Gasteiger partial charge in [0.1, 0.15) is 18.1 Å². The number of hydrogen-bond acceptors (Lipinski definition) is 8. The van der Waals surface area contributed by atoms with Gasteiger partial charge in [0.25, 0.3) is 0 Å². The van der Waals surface area contributed by atoms with Gasteiger partial charge in [-0.1, -0.05) is 0 Å². The fraction of sp³-hybridized carbons (Fsp3) is 0.706. The van der Waals surface area contributed by atoms with Crippen molar-refractivity contribution in [1.82, 2.24) is 16.0 Å². The van der Waals surface area contributed by atoms with Crippen LogP contribution in [-0.2, 0) is 19.2 Å². The number of aliphatic carboxylic acids is 1. The Hall–Kier alpha value is -2.58. The van der Waals surface area contributed by atoms with Crippen LogP contribution < -0.4 is 33.2 Å². The van der Waals surface area contributed by atoms with Gasteiger partial charge in [-0.05, 0) is 38.2 Å². The lowest BCUT2D eigenvalue weighted by Gasteiger charge is -2.22. The molecule has 0 aliphatic rings. The maximum absolute atomic E-state index is 12.3. The zero-order valence-corrected chi connectivity index (χ0v) is 18.5. The maximum atomic E-state index is 12.3. The first-order valence-electron chi connectivity index (χ1n) is 9.58. The normalized spacial score (nSPS) is 14.5. The molecule has 0 saturated carbocycles. The van der Waals surface area contributed by atoms with Crippen molar-refractivity contribution in [3.8, 4) is 0 Å². The van der Waals surface area contributed by atoms with Crippen LogP contribution in [0.2, 0.25) is 0 Å². The lowest BCUT2D eigenvalue weighted by Crippen LogP contribution is -2.57. The molecule has 13 nitrogen and oxygen atoms in total. The van der Waals surface area contributed by atoms with E-state index >= 15 is 0 Å². The van der Waals surface area contributed by atoms with Crippen LogP contribution in [0.5, 0.6) is 0 Å². The number of nitrogens with one attached hydrogen (secondary N) is 3. The van der Waals surface area contributed by atoms with E-state index in [1.54, 1.807) is 0 Å². The van der Waals surface area contributed by atoms with Crippen molar-refractivity contribution in [1.29, 1.82) is 0 Å².